The predicted octanol–water partition coefficient (Wildman–Crippen LogP) is 9.39. The van der Waals surface area contributed by atoms with Gasteiger partial charge >= 0.3 is 0 Å². The monoisotopic (exact) mass is 486 g/mol. The molecule has 0 aliphatic heterocycles. The topological polar surface area (TPSA) is 30.4 Å². The summed E-state index contributed by atoms with van der Waals surface area (Å²) in [6.07, 6.45) is 2.08. The smallest absolute Gasteiger partial charge is 0.143 e. The number of hydrogen-bond donors (Lipinski definition) is 0. The third kappa shape index (κ3) is 3.12. The van der Waals surface area contributed by atoms with Crippen molar-refractivity contribution in [3.8, 4) is 33.6 Å². The fraction of sp³-hybridized carbons (Fsp3) is 0. The molecule has 8 rings (SSSR count). The minimum atomic E-state index is 0.917. The van der Waals surface area contributed by atoms with Gasteiger partial charge in [-0.1, -0.05) is 103 Å². The molecule has 0 fully saturated rings. The number of pyridine rings is 1. The number of rotatable bonds is 3. The Hall–Kier alpha value is -5.15. The number of fused-ring (bicyclic) bond motifs is 6. The van der Waals surface area contributed by atoms with Crippen molar-refractivity contribution in [1.82, 2.24) is 9.38 Å². The van der Waals surface area contributed by atoms with Gasteiger partial charge in [0.1, 0.15) is 16.8 Å². The fourth-order valence-corrected chi connectivity index (χ4v) is 5.66. The minimum Gasteiger partial charge on any atom is -0.455 e. The molecular formula is C35H22N2O. The van der Waals surface area contributed by atoms with Crippen LogP contribution in [0.2, 0.25) is 0 Å². The zero-order chi connectivity index (χ0) is 25.1. The lowest BCUT2D eigenvalue weighted by molar-refractivity contribution is 0.672. The lowest BCUT2D eigenvalue weighted by Gasteiger charge is -2.10. The summed E-state index contributed by atoms with van der Waals surface area (Å²) >= 11 is 0. The van der Waals surface area contributed by atoms with E-state index in [2.05, 4.69) is 114 Å². The summed E-state index contributed by atoms with van der Waals surface area (Å²) in [4.78, 5) is 5.03. The average Bonchev–Trinajstić information content (AvgIpc) is 3.56. The molecule has 178 valence electrons. The number of imidazole rings is 1. The highest BCUT2D eigenvalue weighted by molar-refractivity contribution is 6.19. The van der Waals surface area contributed by atoms with Crippen LogP contribution in [0.3, 0.4) is 0 Å². The van der Waals surface area contributed by atoms with Crippen molar-refractivity contribution in [2.75, 3.05) is 0 Å². The molecule has 0 saturated heterocycles. The molecule has 0 amide bonds. The Bertz CT molecular complexity index is 2120. The van der Waals surface area contributed by atoms with E-state index in [0.29, 0.717) is 0 Å². The maximum atomic E-state index is 6.31. The molecule has 8 aromatic rings. The zero-order valence-corrected chi connectivity index (χ0v) is 20.5. The van der Waals surface area contributed by atoms with Crippen LogP contribution in [-0.4, -0.2) is 9.38 Å². The highest BCUT2D eigenvalue weighted by Crippen LogP contribution is 2.40. The van der Waals surface area contributed by atoms with Gasteiger partial charge in [-0.3, -0.25) is 4.40 Å². The summed E-state index contributed by atoms with van der Waals surface area (Å²) in [7, 11) is 0. The molecule has 0 N–H and O–H groups in total. The van der Waals surface area contributed by atoms with Crippen LogP contribution in [0, 0.1) is 0 Å². The summed E-state index contributed by atoms with van der Waals surface area (Å²) in [5.41, 5.74) is 9.49. The van der Waals surface area contributed by atoms with Crippen LogP contribution >= 0.6 is 0 Å². The number of para-hydroxylation sites is 1. The molecule has 0 spiro atoms. The third-order valence-electron chi connectivity index (χ3n) is 7.43. The van der Waals surface area contributed by atoms with E-state index >= 15 is 0 Å². The van der Waals surface area contributed by atoms with Gasteiger partial charge in [0.2, 0.25) is 0 Å². The molecule has 0 saturated carbocycles. The SMILES string of the molecule is c1ccc(-c2c(-c3ccc(-c4cc5c6ccccc6oc5c5ccccc45)cc3)nc3ccccn23)cc1. The van der Waals surface area contributed by atoms with E-state index in [0.717, 1.165) is 55.5 Å². The lowest BCUT2D eigenvalue weighted by atomic mass is 9.94. The van der Waals surface area contributed by atoms with Crippen LogP contribution in [0.4, 0.5) is 0 Å². The van der Waals surface area contributed by atoms with Gasteiger partial charge in [0.25, 0.3) is 0 Å². The van der Waals surface area contributed by atoms with E-state index in [1.54, 1.807) is 0 Å². The highest BCUT2D eigenvalue weighted by atomic mass is 16.3. The average molecular weight is 487 g/mol. The maximum Gasteiger partial charge on any atom is 0.143 e. The first-order valence-corrected chi connectivity index (χ1v) is 12.8. The lowest BCUT2D eigenvalue weighted by Crippen LogP contribution is -1.89. The highest BCUT2D eigenvalue weighted by Gasteiger charge is 2.17. The second kappa shape index (κ2) is 8.19. The Morgan fingerprint density at radius 2 is 1.21 bits per heavy atom. The van der Waals surface area contributed by atoms with E-state index in [1.807, 2.05) is 24.3 Å². The Morgan fingerprint density at radius 1 is 0.526 bits per heavy atom. The molecule has 0 aliphatic carbocycles. The molecule has 3 heteroatoms. The van der Waals surface area contributed by atoms with Crippen molar-refractivity contribution in [2.45, 2.75) is 0 Å². The Labute approximate surface area is 219 Å². The van der Waals surface area contributed by atoms with Crippen molar-refractivity contribution >= 4 is 38.4 Å². The Kier molecular flexibility index (Phi) is 4.52. The van der Waals surface area contributed by atoms with Crippen LogP contribution in [0.25, 0.3) is 72.0 Å². The Balaban J connectivity index is 1.32. The standard InChI is InChI=1S/C35H22N2O/c1-2-10-25(11-3-1)34-33(36-32-16-8-9-21-37(32)34)24-19-17-23(18-20-24)29-22-30-27-13-6-7-15-31(27)38-35(30)28-14-5-4-12-26(28)29/h1-22H. The summed E-state index contributed by atoms with van der Waals surface area (Å²) in [5.74, 6) is 0. The van der Waals surface area contributed by atoms with E-state index in [1.165, 1.54) is 16.5 Å². The molecule has 0 radical (unpaired) electrons. The van der Waals surface area contributed by atoms with Gasteiger partial charge in [-0.25, -0.2) is 4.98 Å². The van der Waals surface area contributed by atoms with Gasteiger partial charge < -0.3 is 4.42 Å². The largest absolute Gasteiger partial charge is 0.455 e. The number of furan rings is 1. The van der Waals surface area contributed by atoms with Crippen molar-refractivity contribution in [3.05, 3.63) is 134 Å². The summed E-state index contributed by atoms with van der Waals surface area (Å²) < 4.78 is 8.48. The van der Waals surface area contributed by atoms with Crippen molar-refractivity contribution in [3.63, 3.8) is 0 Å². The number of aromatic nitrogens is 2. The van der Waals surface area contributed by atoms with Gasteiger partial charge in [-0.15, -0.1) is 0 Å². The van der Waals surface area contributed by atoms with Crippen LogP contribution in [-0.2, 0) is 0 Å². The van der Waals surface area contributed by atoms with Crippen molar-refractivity contribution in [1.29, 1.82) is 0 Å². The number of benzene rings is 5. The number of hydrogen-bond acceptors (Lipinski definition) is 2. The molecule has 0 unspecified atom stereocenters. The quantitative estimate of drug-likeness (QED) is 0.249. The zero-order valence-electron chi connectivity index (χ0n) is 20.5. The molecular weight excluding hydrogens is 464 g/mol. The summed E-state index contributed by atoms with van der Waals surface area (Å²) in [5, 5.41) is 4.60. The molecule has 0 atom stereocenters. The van der Waals surface area contributed by atoms with E-state index in [-0.39, 0.29) is 0 Å². The summed E-state index contributed by atoms with van der Waals surface area (Å²) in [6.45, 7) is 0. The van der Waals surface area contributed by atoms with E-state index < -0.39 is 0 Å². The van der Waals surface area contributed by atoms with E-state index in [9.17, 15) is 0 Å². The number of nitrogens with zero attached hydrogens (tertiary/aromatic N) is 2. The molecule has 38 heavy (non-hydrogen) atoms. The third-order valence-corrected chi connectivity index (χ3v) is 7.43. The minimum absolute atomic E-state index is 0.917. The van der Waals surface area contributed by atoms with Gasteiger partial charge in [0.15, 0.2) is 0 Å². The second-order valence-electron chi connectivity index (χ2n) is 9.63. The molecule has 0 bridgehead atoms. The Morgan fingerprint density at radius 3 is 2.05 bits per heavy atom. The van der Waals surface area contributed by atoms with E-state index in [4.69, 9.17) is 9.40 Å². The molecule has 3 nitrogen and oxygen atoms in total. The first-order valence-electron chi connectivity index (χ1n) is 12.8. The van der Waals surface area contributed by atoms with Gasteiger partial charge in [0.05, 0.1) is 11.4 Å². The van der Waals surface area contributed by atoms with Crippen LogP contribution < -0.4 is 0 Å². The predicted molar refractivity (Wildman–Crippen MR) is 156 cm³/mol. The molecule has 0 aliphatic rings. The van der Waals surface area contributed by atoms with Crippen molar-refractivity contribution < 1.29 is 4.42 Å². The van der Waals surface area contributed by atoms with Crippen LogP contribution in [0.15, 0.2) is 138 Å². The maximum absolute atomic E-state index is 6.31. The van der Waals surface area contributed by atoms with Gasteiger partial charge in [-0.05, 0) is 40.8 Å². The molecule has 3 heterocycles. The molecule has 3 aromatic heterocycles. The first-order chi connectivity index (χ1) is 18.8. The second-order valence-corrected chi connectivity index (χ2v) is 9.63. The van der Waals surface area contributed by atoms with Gasteiger partial charge in [-0.2, -0.15) is 0 Å². The van der Waals surface area contributed by atoms with Gasteiger partial charge in [0, 0.05) is 33.5 Å². The van der Waals surface area contributed by atoms with Crippen molar-refractivity contribution in [2.24, 2.45) is 0 Å². The fourth-order valence-electron chi connectivity index (χ4n) is 5.66. The summed E-state index contributed by atoms with van der Waals surface area (Å²) in [6, 6.07) is 44.5. The molecule has 5 aromatic carbocycles. The van der Waals surface area contributed by atoms with Crippen LogP contribution in [0.5, 0.6) is 0 Å². The van der Waals surface area contributed by atoms with Crippen LogP contribution in [0.1, 0.15) is 0 Å². The normalized spacial score (nSPS) is 11.7. The first kappa shape index (κ1) is 21.0.